The molecule has 1 aromatic carbocycles. The normalized spacial score (nSPS) is 28.5. The average Bonchev–Trinajstić information content (AvgIpc) is 3.09. The van der Waals surface area contributed by atoms with E-state index in [9.17, 15) is 9.59 Å². The Balaban J connectivity index is 1.28. The van der Waals surface area contributed by atoms with Gasteiger partial charge >= 0.3 is 12.1 Å². The number of likely N-dealkylation sites (tertiary alicyclic amines) is 1. The smallest absolute Gasteiger partial charge is 0.410 e. The number of nitrogens with one attached hydrogen (secondary N) is 1. The maximum Gasteiger partial charge on any atom is 0.410 e. The van der Waals surface area contributed by atoms with Gasteiger partial charge in [-0.1, -0.05) is 24.3 Å². The lowest BCUT2D eigenvalue weighted by Crippen LogP contribution is -2.58. The summed E-state index contributed by atoms with van der Waals surface area (Å²) in [4.78, 5) is 31.9. The highest BCUT2D eigenvalue weighted by Gasteiger charge is 2.48. The molecule has 1 N–H and O–H groups in total. The van der Waals surface area contributed by atoms with Gasteiger partial charge in [-0.15, -0.1) is 0 Å². The fourth-order valence-electron chi connectivity index (χ4n) is 6.98. The summed E-state index contributed by atoms with van der Waals surface area (Å²) in [7, 11) is 0. The van der Waals surface area contributed by atoms with Crippen molar-refractivity contribution in [2.24, 2.45) is 0 Å². The van der Waals surface area contributed by atoms with E-state index in [1.54, 1.807) is 0 Å². The second-order valence-corrected chi connectivity index (χ2v) is 10.3. The van der Waals surface area contributed by atoms with E-state index < -0.39 is 0 Å². The number of amides is 3. The Labute approximate surface area is 197 Å². The predicted molar refractivity (Wildman–Crippen MR) is 127 cm³/mol. The van der Waals surface area contributed by atoms with Crippen molar-refractivity contribution in [1.29, 1.82) is 0 Å². The third-order valence-electron chi connectivity index (χ3n) is 8.52. The molecule has 3 fully saturated rings. The SMILES string of the molecule is CCNC(=O)N1Cc2ccccc2C2(CCN(C3CC4CCC(C3)N4C(=O)OCC)CC2)C1. The van der Waals surface area contributed by atoms with Crippen LogP contribution in [0, 0.1) is 0 Å². The van der Waals surface area contributed by atoms with Crippen LogP contribution in [0.2, 0.25) is 0 Å². The largest absolute Gasteiger partial charge is 0.450 e. The number of rotatable bonds is 3. The first kappa shape index (κ1) is 22.5. The van der Waals surface area contributed by atoms with E-state index in [0.29, 0.717) is 37.8 Å². The van der Waals surface area contributed by atoms with E-state index in [1.807, 2.05) is 23.6 Å². The number of fused-ring (bicyclic) bond motifs is 4. The lowest BCUT2D eigenvalue weighted by atomic mass is 9.68. The second-order valence-electron chi connectivity index (χ2n) is 10.3. The molecule has 3 saturated heterocycles. The van der Waals surface area contributed by atoms with Crippen LogP contribution in [0.5, 0.6) is 0 Å². The zero-order valence-electron chi connectivity index (χ0n) is 20.1. The van der Waals surface area contributed by atoms with E-state index in [0.717, 1.165) is 58.2 Å². The van der Waals surface area contributed by atoms with Gasteiger partial charge in [-0.2, -0.15) is 0 Å². The van der Waals surface area contributed by atoms with E-state index in [4.69, 9.17) is 4.74 Å². The number of piperidine rings is 2. The third-order valence-corrected chi connectivity index (χ3v) is 8.52. The number of carbonyl (C=O) groups is 2. The molecule has 3 amide bonds. The average molecular weight is 455 g/mol. The number of urea groups is 1. The van der Waals surface area contributed by atoms with Crippen molar-refractivity contribution >= 4 is 12.1 Å². The molecule has 5 rings (SSSR count). The summed E-state index contributed by atoms with van der Waals surface area (Å²) in [5.74, 6) is 0. The molecule has 4 aliphatic rings. The van der Waals surface area contributed by atoms with Gasteiger partial charge in [0.2, 0.25) is 0 Å². The number of carbonyl (C=O) groups excluding carboxylic acids is 2. The van der Waals surface area contributed by atoms with Gasteiger partial charge in [0.25, 0.3) is 0 Å². The highest BCUT2D eigenvalue weighted by molar-refractivity contribution is 5.75. The molecule has 0 aromatic heterocycles. The molecule has 7 heteroatoms. The summed E-state index contributed by atoms with van der Waals surface area (Å²) in [6, 6.07) is 9.98. The van der Waals surface area contributed by atoms with Gasteiger partial charge in [-0.05, 0) is 76.6 Å². The Kier molecular flexibility index (Phi) is 6.25. The van der Waals surface area contributed by atoms with Gasteiger partial charge in [0.15, 0.2) is 0 Å². The zero-order valence-corrected chi connectivity index (χ0v) is 20.1. The number of hydrogen-bond donors (Lipinski definition) is 1. The van der Waals surface area contributed by atoms with Crippen molar-refractivity contribution in [2.45, 2.75) is 82.5 Å². The molecule has 0 radical (unpaired) electrons. The van der Waals surface area contributed by atoms with Crippen LogP contribution < -0.4 is 5.32 Å². The van der Waals surface area contributed by atoms with Crippen LogP contribution in [-0.2, 0) is 16.7 Å². The Morgan fingerprint density at radius 1 is 1.06 bits per heavy atom. The Hall–Kier alpha value is -2.28. The molecule has 1 aromatic rings. The van der Waals surface area contributed by atoms with Gasteiger partial charge < -0.3 is 24.8 Å². The minimum Gasteiger partial charge on any atom is -0.450 e. The highest BCUT2D eigenvalue weighted by Crippen LogP contribution is 2.44. The van der Waals surface area contributed by atoms with E-state index >= 15 is 0 Å². The molecule has 4 aliphatic heterocycles. The van der Waals surface area contributed by atoms with Crippen LogP contribution in [0.1, 0.15) is 63.5 Å². The number of ether oxygens (including phenoxy) is 1. The van der Waals surface area contributed by atoms with Gasteiger partial charge in [0.1, 0.15) is 0 Å². The topological polar surface area (TPSA) is 65.1 Å². The molecule has 180 valence electrons. The van der Waals surface area contributed by atoms with Gasteiger partial charge in [0.05, 0.1) is 6.61 Å². The summed E-state index contributed by atoms with van der Waals surface area (Å²) < 4.78 is 5.33. The van der Waals surface area contributed by atoms with Crippen molar-refractivity contribution in [3.63, 3.8) is 0 Å². The van der Waals surface area contributed by atoms with Crippen molar-refractivity contribution in [1.82, 2.24) is 20.0 Å². The number of nitrogens with zero attached hydrogens (tertiary/aromatic N) is 3. The molecular weight excluding hydrogens is 416 g/mol. The highest BCUT2D eigenvalue weighted by atomic mass is 16.6. The lowest BCUT2D eigenvalue weighted by Gasteiger charge is -2.51. The van der Waals surface area contributed by atoms with Crippen LogP contribution in [0.4, 0.5) is 9.59 Å². The lowest BCUT2D eigenvalue weighted by molar-refractivity contribution is 0.0220. The fraction of sp³-hybridized carbons (Fsp3) is 0.692. The van der Waals surface area contributed by atoms with Gasteiger partial charge in [0, 0.05) is 43.2 Å². The Morgan fingerprint density at radius 3 is 2.42 bits per heavy atom. The predicted octanol–water partition coefficient (Wildman–Crippen LogP) is 3.72. The van der Waals surface area contributed by atoms with Crippen molar-refractivity contribution in [3.05, 3.63) is 35.4 Å². The van der Waals surface area contributed by atoms with Crippen LogP contribution in [-0.4, -0.2) is 77.7 Å². The van der Waals surface area contributed by atoms with Crippen LogP contribution in [0.15, 0.2) is 24.3 Å². The quantitative estimate of drug-likeness (QED) is 0.756. The minimum atomic E-state index is -0.120. The molecule has 7 nitrogen and oxygen atoms in total. The summed E-state index contributed by atoms with van der Waals surface area (Å²) in [5, 5.41) is 3.00. The van der Waals surface area contributed by atoms with E-state index in [-0.39, 0.29) is 17.5 Å². The minimum absolute atomic E-state index is 0.0427. The summed E-state index contributed by atoms with van der Waals surface area (Å²) in [6.07, 6.45) is 6.36. The van der Waals surface area contributed by atoms with Crippen molar-refractivity contribution in [2.75, 3.05) is 32.8 Å². The molecule has 2 bridgehead atoms. The maximum atomic E-state index is 12.7. The van der Waals surface area contributed by atoms with Gasteiger partial charge in [-0.25, -0.2) is 9.59 Å². The maximum absolute atomic E-state index is 12.7. The number of benzene rings is 1. The van der Waals surface area contributed by atoms with Crippen LogP contribution in [0.25, 0.3) is 0 Å². The van der Waals surface area contributed by atoms with Crippen LogP contribution in [0.3, 0.4) is 0 Å². The molecule has 2 atom stereocenters. The number of hydrogen-bond acceptors (Lipinski definition) is 4. The van der Waals surface area contributed by atoms with E-state index in [2.05, 4.69) is 34.5 Å². The molecule has 33 heavy (non-hydrogen) atoms. The molecular formula is C26H38N4O3. The Bertz CT molecular complexity index is 868. The van der Waals surface area contributed by atoms with E-state index in [1.165, 1.54) is 11.1 Å². The first-order chi connectivity index (χ1) is 16.0. The van der Waals surface area contributed by atoms with Crippen molar-refractivity contribution < 1.29 is 14.3 Å². The fourth-order valence-corrected chi connectivity index (χ4v) is 6.98. The van der Waals surface area contributed by atoms with Crippen molar-refractivity contribution in [3.8, 4) is 0 Å². The first-order valence-electron chi connectivity index (χ1n) is 12.8. The summed E-state index contributed by atoms with van der Waals surface area (Å²) in [6.45, 7) is 8.57. The molecule has 0 saturated carbocycles. The standard InChI is InChI=1S/C26H38N4O3/c1-3-27-24(31)29-17-19-7-5-6-8-23(19)26(18-29)11-13-28(14-12-26)22-15-20-9-10-21(16-22)30(20)25(32)33-4-2/h5-8,20-22H,3-4,9-18H2,1-2H3,(H,27,31). The zero-order chi connectivity index (χ0) is 23.0. The van der Waals surface area contributed by atoms with Crippen LogP contribution >= 0.6 is 0 Å². The second kappa shape index (κ2) is 9.16. The summed E-state index contributed by atoms with van der Waals surface area (Å²) >= 11 is 0. The first-order valence-corrected chi connectivity index (χ1v) is 12.8. The summed E-state index contributed by atoms with van der Waals surface area (Å²) in [5.41, 5.74) is 2.78. The molecule has 4 heterocycles. The molecule has 1 spiro atoms. The van der Waals surface area contributed by atoms with Gasteiger partial charge in [-0.3, -0.25) is 0 Å². The Morgan fingerprint density at radius 2 is 1.76 bits per heavy atom. The molecule has 2 unspecified atom stereocenters. The monoisotopic (exact) mass is 454 g/mol. The third kappa shape index (κ3) is 4.09. The molecule has 0 aliphatic carbocycles.